The Bertz CT molecular complexity index is 1110. The summed E-state index contributed by atoms with van der Waals surface area (Å²) in [7, 11) is 2.95. The molecule has 0 saturated carbocycles. The van der Waals surface area contributed by atoms with Gasteiger partial charge in [-0.05, 0) is 41.0 Å². The van der Waals surface area contributed by atoms with Crippen LogP contribution in [0.25, 0.3) is 11.1 Å². The maximum Gasteiger partial charge on any atom is 0.331 e. The van der Waals surface area contributed by atoms with Gasteiger partial charge in [0.25, 0.3) is 0 Å². The van der Waals surface area contributed by atoms with E-state index < -0.39 is 11.6 Å². The second-order valence-corrected chi connectivity index (χ2v) is 8.09. The van der Waals surface area contributed by atoms with Crippen LogP contribution in [0.3, 0.4) is 0 Å². The first-order valence-electron chi connectivity index (χ1n) is 10.5. The van der Waals surface area contributed by atoms with Crippen molar-refractivity contribution in [2.75, 3.05) is 34.0 Å². The van der Waals surface area contributed by atoms with E-state index in [1.54, 1.807) is 13.2 Å². The van der Waals surface area contributed by atoms with Gasteiger partial charge < -0.3 is 23.7 Å². The number of hydrogen-bond acceptors (Lipinski definition) is 6. The van der Waals surface area contributed by atoms with Crippen LogP contribution in [0.15, 0.2) is 66.7 Å². The second-order valence-electron chi connectivity index (χ2n) is 7.69. The molecule has 0 radical (unpaired) electrons. The lowest BCUT2D eigenvalue weighted by Crippen LogP contribution is -2.49. The SMILES string of the molecule is COC(=O)COC1(c2ccc(OCc3cccc(-c4cccc(Cl)c4OC)c3)cc2)COC1. The summed E-state index contributed by atoms with van der Waals surface area (Å²) in [6, 6.07) is 21.4. The highest BCUT2D eigenvalue weighted by atomic mass is 35.5. The number of benzene rings is 3. The lowest BCUT2D eigenvalue weighted by atomic mass is 9.91. The zero-order valence-electron chi connectivity index (χ0n) is 18.5. The fourth-order valence-corrected chi connectivity index (χ4v) is 3.92. The number of ether oxygens (including phenoxy) is 5. The van der Waals surface area contributed by atoms with E-state index in [2.05, 4.69) is 10.8 Å². The van der Waals surface area contributed by atoms with Crippen molar-refractivity contribution < 1.29 is 28.5 Å². The van der Waals surface area contributed by atoms with Crippen molar-refractivity contribution in [3.8, 4) is 22.6 Å². The molecule has 1 fully saturated rings. The average Bonchev–Trinajstić information content (AvgIpc) is 2.82. The van der Waals surface area contributed by atoms with E-state index in [4.69, 9.17) is 30.5 Å². The Labute approximate surface area is 197 Å². The van der Waals surface area contributed by atoms with Crippen molar-refractivity contribution in [2.45, 2.75) is 12.2 Å². The van der Waals surface area contributed by atoms with Crippen LogP contribution in [0.2, 0.25) is 5.02 Å². The number of halogens is 1. The fraction of sp³-hybridized carbons (Fsp3) is 0.269. The van der Waals surface area contributed by atoms with E-state index in [0.29, 0.717) is 30.6 Å². The van der Waals surface area contributed by atoms with Crippen molar-refractivity contribution in [2.24, 2.45) is 0 Å². The first-order valence-corrected chi connectivity index (χ1v) is 10.9. The molecule has 0 aliphatic carbocycles. The van der Waals surface area contributed by atoms with E-state index >= 15 is 0 Å². The predicted octanol–water partition coefficient (Wildman–Crippen LogP) is 5.01. The first-order chi connectivity index (χ1) is 16.0. The maximum absolute atomic E-state index is 11.4. The molecule has 0 atom stereocenters. The van der Waals surface area contributed by atoms with E-state index in [9.17, 15) is 4.79 Å². The Morgan fingerprint density at radius 2 is 1.79 bits per heavy atom. The van der Waals surface area contributed by atoms with Crippen molar-refractivity contribution in [1.29, 1.82) is 0 Å². The van der Waals surface area contributed by atoms with Crippen LogP contribution in [-0.2, 0) is 31.2 Å². The summed E-state index contributed by atoms with van der Waals surface area (Å²) in [5.74, 6) is 0.961. The third-order valence-corrected chi connectivity index (χ3v) is 5.86. The summed E-state index contributed by atoms with van der Waals surface area (Å²) in [6.45, 7) is 1.07. The molecule has 33 heavy (non-hydrogen) atoms. The molecule has 172 valence electrons. The Kier molecular flexibility index (Phi) is 7.18. The monoisotopic (exact) mass is 468 g/mol. The Morgan fingerprint density at radius 1 is 1.03 bits per heavy atom. The number of rotatable bonds is 9. The van der Waals surface area contributed by atoms with Crippen LogP contribution in [0.5, 0.6) is 11.5 Å². The average molecular weight is 469 g/mol. The highest BCUT2D eigenvalue weighted by Crippen LogP contribution is 2.37. The number of hydrogen-bond donors (Lipinski definition) is 0. The van der Waals surface area contributed by atoms with Gasteiger partial charge in [0, 0.05) is 5.56 Å². The van der Waals surface area contributed by atoms with Gasteiger partial charge in [-0.3, -0.25) is 0 Å². The van der Waals surface area contributed by atoms with E-state index in [0.717, 1.165) is 28.0 Å². The van der Waals surface area contributed by atoms with E-state index in [1.807, 2.05) is 54.6 Å². The minimum absolute atomic E-state index is 0.119. The molecular formula is C26H25ClO6. The minimum Gasteiger partial charge on any atom is -0.495 e. The molecule has 7 heteroatoms. The third kappa shape index (κ3) is 5.14. The van der Waals surface area contributed by atoms with Crippen LogP contribution in [0.4, 0.5) is 0 Å². The summed E-state index contributed by atoms with van der Waals surface area (Å²) < 4.78 is 27.3. The highest BCUT2D eigenvalue weighted by Gasteiger charge is 2.42. The molecule has 0 aromatic heterocycles. The van der Waals surface area contributed by atoms with Crippen molar-refractivity contribution >= 4 is 17.6 Å². The van der Waals surface area contributed by atoms with Gasteiger partial charge in [0.1, 0.15) is 30.3 Å². The molecule has 3 aromatic carbocycles. The normalized spacial score (nSPS) is 14.3. The molecule has 1 aliphatic heterocycles. The van der Waals surface area contributed by atoms with Crippen molar-refractivity contribution in [1.82, 2.24) is 0 Å². The fourth-order valence-electron chi connectivity index (χ4n) is 3.67. The van der Waals surface area contributed by atoms with Crippen LogP contribution in [0.1, 0.15) is 11.1 Å². The first kappa shape index (κ1) is 23.1. The van der Waals surface area contributed by atoms with Crippen LogP contribution < -0.4 is 9.47 Å². The number of para-hydroxylation sites is 1. The summed E-state index contributed by atoms with van der Waals surface area (Å²) in [5.41, 5.74) is 3.25. The maximum atomic E-state index is 11.4. The summed E-state index contributed by atoms with van der Waals surface area (Å²) >= 11 is 6.27. The molecule has 6 nitrogen and oxygen atoms in total. The molecule has 4 rings (SSSR count). The predicted molar refractivity (Wildman–Crippen MR) is 125 cm³/mol. The number of carbonyl (C=O) groups excluding carboxylic acids is 1. The lowest BCUT2D eigenvalue weighted by molar-refractivity contribution is -0.220. The molecule has 0 amide bonds. The van der Waals surface area contributed by atoms with Gasteiger partial charge in [0.05, 0.1) is 32.5 Å². The summed E-state index contributed by atoms with van der Waals surface area (Å²) in [5, 5.41) is 0.571. The molecular weight excluding hydrogens is 444 g/mol. The number of esters is 1. The van der Waals surface area contributed by atoms with Crippen LogP contribution in [-0.4, -0.2) is 40.0 Å². The van der Waals surface area contributed by atoms with E-state index in [-0.39, 0.29) is 6.61 Å². The van der Waals surface area contributed by atoms with Crippen LogP contribution in [0, 0.1) is 0 Å². The van der Waals surface area contributed by atoms with Gasteiger partial charge in [-0.15, -0.1) is 0 Å². The minimum atomic E-state index is -0.628. The quantitative estimate of drug-likeness (QED) is 0.411. The van der Waals surface area contributed by atoms with Gasteiger partial charge in [-0.1, -0.05) is 54.1 Å². The van der Waals surface area contributed by atoms with Crippen LogP contribution >= 0.6 is 11.6 Å². The summed E-state index contributed by atoms with van der Waals surface area (Å²) in [6.07, 6.45) is 0. The van der Waals surface area contributed by atoms with Gasteiger partial charge in [-0.2, -0.15) is 0 Å². The Hall–Kier alpha value is -3.06. The zero-order chi connectivity index (χ0) is 23.3. The van der Waals surface area contributed by atoms with Crippen molar-refractivity contribution in [3.63, 3.8) is 0 Å². The molecule has 1 saturated heterocycles. The van der Waals surface area contributed by atoms with Crippen molar-refractivity contribution in [3.05, 3.63) is 82.9 Å². The van der Waals surface area contributed by atoms with E-state index in [1.165, 1.54) is 7.11 Å². The summed E-state index contributed by atoms with van der Waals surface area (Å²) in [4.78, 5) is 11.4. The standard InChI is InChI=1S/C26H25ClO6/c1-29-24(28)15-33-26(16-31-17-26)20-9-11-21(12-10-20)32-14-18-5-3-6-19(13-18)22-7-4-8-23(27)25(22)30-2/h3-13H,14-17H2,1-2H3. The topological polar surface area (TPSA) is 63.2 Å². The van der Waals surface area contributed by atoms with Gasteiger partial charge in [-0.25, -0.2) is 4.79 Å². The third-order valence-electron chi connectivity index (χ3n) is 5.56. The molecule has 0 N–H and O–H groups in total. The molecule has 0 spiro atoms. The molecule has 0 unspecified atom stereocenters. The highest BCUT2D eigenvalue weighted by molar-refractivity contribution is 6.32. The Morgan fingerprint density at radius 3 is 2.45 bits per heavy atom. The molecule has 1 heterocycles. The smallest absolute Gasteiger partial charge is 0.331 e. The molecule has 3 aromatic rings. The second kappa shape index (κ2) is 10.3. The number of methoxy groups -OCH3 is 2. The molecule has 1 aliphatic rings. The van der Waals surface area contributed by atoms with Gasteiger partial charge in [0.2, 0.25) is 0 Å². The van der Waals surface area contributed by atoms with Gasteiger partial charge >= 0.3 is 5.97 Å². The Balaban J connectivity index is 1.43. The number of carbonyl (C=O) groups is 1. The largest absolute Gasteiger partial charge is 0.495 e. The lowest BCUT2D eigenvalue weighted by Gasteiger charge is -2.41. The molecule has 0 bridgehead atoms. The zero-order valence-corrected chi connectivity index (χ0v) is 19.3. The van der Waals surface area contributed by atoms with Gasteiger partial charge in [0.15, 0.2) is 0 Å².